The number of aryl methyl sites for hydroxylation is 1. The van der Waals surface area contributed by atoms with Gasteiger partial charge in [0.2, 0.25) is 0 Å². The van der Waals surface area contributed by atoms with E-state index >= 15 is 0 Å². The van der Waals surface area contributed by atoms with Gasteiger partial charge in [-0.3, -0.25) is 0 Å². The van der Waals surface area contributed by atoms with Crippen LogP contribution in [0.3, 0.4) is 0 Å². The molecular weight excluding hydrogens is 302 g/mol. The van der Waals surface area contributed by atoms with Crippen molar-refractivity contribution < 1.29 is 0 Å². The van der Waals surface area contributed by atoms with Crippen molar-refractivity contribution in [3.8, 4) is 0 Å². The first-order chi connectivity index (χ1) is 10.1. The second-order valence-corrected chi connectivity index (χ2v) is 7.19. The molecular formula is C16H22ClN3S. The molecule has 2 rings (SSSR count). The lowest BCUT2D eigenvalue weighted by molar-refractivity contribution is 0.420. The quantitative estimate of drug-likeness (QED) is 0.586. The summed E-state index contributed by atoms with van der Waals surface area (Å²) in [5.74, 6) is 1.03. The molecule has 0 fully saturated rings. The molecule has 0 saturated carbocycles. The molecule has 0 spiro atoms. The van der Waals surface area contributed by atoms with Crippen molar-refractivity contribution in [2.24, 2.45) is 0 Å². The lowest BCUT2D eigenvalue weighted by atomic mass is 10.1. The number of aromatic nitrogens is 2. The minimum absolute atomic E-state index is 0.110. The van der Waals surface area contributed by atoms with Crippen LogP contribution in [0.25, 0.3) is 0 Å². The summed E-state index contributed by atoms with van der Waals surface area (Å²) in [4.78, 5) is 5.31. The molecule has 0 aliphatic heterocycles. The summed E-state index contributed by atoms with van der Waals surface area (Å²) in [6.45, 7) is 6.50. The van der Waals surface area contributed by atoms with Crippen LogP contribution in [0.15, 0.2) is 47.9 Å². The Morgan fingerprint density at radius 2 is 2.05 bits per heavy atom. The molecule has 5 heteroatoms. The Morgan fingerprint density at radius 1 is 1.29 bits per heavy atom. The Hall–Kier alpha value is -0.970. The number of thioether (sulfide) groups is 1. The van der Waals surface area contributed by atoms with Crippen molar-refractivity contribution in [3.63, 3.8) is 0 Å². The Kier molecular flexibility index (Phi) is 6.15. The summed E-state index contributed by atoms with van der Waals surface area (Å²) >= 11 is 7.76. The van der Waals surface area contributed by atoms with Gasteiger partial charge in [0.15, 0.2) is 0 Å². The van der Waals surface area contributed by atoms with Gasteiger partial charge in [-0.2, -0.15) is 0 Å². The van der Waals surface area contributed by atoms with E-state index in [0.717, 1.165) is 30.3 Å². The van der Waals surface area contributed by atoms with Crippen LogP contribution >= 0.6 is 23.4 Å². The average molecular weight is 324 g/mol. The van der Waals surface area contributed by atoms with Crippen LogP contribution in [0.5, 0.6) is 0 Å². The molecule has 1 aromatic carbocycles. The van der Waals surface area contributed by atoms with Gasteiger partial charge in [-0.25, -0.2) is 4.98 Å². The van der Waals surface area contributed by atoms with Crippen LogP contribution in [0.2, 0.25) is 5.02 Å². The fourth-order valence-corrected chi connectivity index (χ4v) is 3.04. The highest BCUT2D eigenvalue weighted by Crippen LogP contribution is 2.24. The normalized spacial score (nSPS) is 11.8. The van der Waals surface area contributed by atoms with Crippen molar-refractivity contribution in [1.82, 2.24) is 14.9 Å². The summed E-state index contributed by atoms with van der Waals surface area (Å²) < 4.78 is 2.11. The lowest BCUT2D eigenvalue weighted by Crippen LogP contribution is -2.42. The highest BCUT2D eigenvalue weighted by Gasteiger charge is 2.16. The van der Waals surface area contributed by atoms with E-state index in [4.69, 9.17) is 11.6 Å². The zero-order chi connectivity index (χ0) is 15.1. The van der Waals surface area contributed by atoms with Crippen LogP contribution < -0.4 is 5.32 Å². The second kappa shape index (κ2) is 7.87. The number of hydrogen-bond donors (Lipinski definition) is 1. The highest BCUT2D eigenvalue weighted by molar-refractivity contribution is 7.99. The van der Waals surface area contributed by atoms with E-state index in [1.807, 2.05) is 42.6 Å². The minimum atomic E-state index is 0.110. The molecule has 0 unspecified atom stereocenters. The molecule has 0 saturated heterocycles. The fraction of sp³-hybridized carbons (Fsp3) is 0.438. The van der Waals surface area contributed by atoms with Gasteiger partial charge in [0, 0.05) is 40.1 Å². The molecule has 1 N–H and O–H groups in total. The summed E-state index contributed by atoms with van der Waals surface area (Å²) in [6, 6.07) is 8.02. The van der Waals surface area contributed by atoms with E-state index in [0.29, 0.717) is 0 Å². The van der Waals surface area contributed by atoms with E-state index in [2.05, 4.69) is 40.8 Å². The molecule has 3 nitrogen and oxygen atoms in total. The van der Waals surface area contributed by atoms with Gasteiger partial charge in [0.05, 0.1) is 6.33 Å². The lowest BCUT2D eigenvalue weighted by Gasteiger charge is -2.26. The maximum absolute atomic E-state index is 5.90. The van der Waals surface area contributed by atoms with Crippen molar-refractivity contribution in [2.75, 3.05) is 12.3 Å². The van der Waals surface area contributed by atoms with Crippen molar-refractivity contribution in [1.29, 1.82) is 0 Å². The summed E-state index contributed by atoms with van der Waals surface area (Å²) in [6.07, 6.45) is 6.79. The van der Waals surface area contributed by atoms with Crippen LogP contribution in [-0.2, 0) is 6.54 Å². The third-order valence-corrected chi connectivity index (χ3v) is 4.89. The maximum Gasteiger partial charge on any atom is 0.0945 e. The molecule has 0 atom stereocenters. The summed E-state index contributed by atoms with van der Waals surface area (Å²) in [5, 5.41) is 4.41. The van der Waals surface area contributed by atoms with Crippen LogP contribution in [0.1, 0.15) is 20.3 Å². The first kappa shape index (κ1) is 16.4. The maximum atomic E-state index is 5.90. The van der Waals surface area contributed by atoms with Crippen molar-refractivity contribution in [2.45, 2.75) is 37.2 Å². The third kappa shape index (κ3) is 6.12. The van der Waals surface area contributed by atoms with Crippen LogP contribution in [0.4, 0.5) is 0 Å². The zero-order valence-electron chi connectivity index (χ0n) is 12.6. The molecule has 0 radical (unpaired) electrons. The average Bonchev–Trinajstić information content (AvgIpc) is 2.96. The number of rotatable bonds is 8. The van der Waals surface area contributed by atoms with Crippen molar-refractivity contribution in [3.05, 3.63) is 48.0 Å². The smallest absolute Gasteiger partial charge is 0.0945 e. The molecule has 2 aromatic rings. The van der Waals surface area contributed by atoms with Gasteiger partial charge >= 0.3 is 0 Å². The minimum Gasteiger partial charge on any atom is -0.337 e. The molecule has 0 amide bonds. The standard InChI is InChI=1S/C16H22ClN3S/c1-16(2,12-21-15-6-4-14(17)5-7-15)19-8-3-10-20-11-9-18-13-20/h4-7,9,11,13,19H,3,8,10,12H2,1-2H3. The van der Waals surface area contributed by atoms with Crippen LogP contribution in [0, 0.1) is 0 Å². The van der Waals surface area contributed by atoms with E-state index in [1.54, 1.807) is 0 Å². The third-order valence-electron chi connectivity index (χ3n) is 3.17. The van der Waals surface area contributed by atoms with E-state index < -0.39 is 0 Å². The fourth-order valence-electron chi connectivity index (χ4n) is 1.95. The summed E-state index contributed by atoms with van der Waals surface area (Å²) in [7, 11) is 0. The Morgan fingerprint density at radius 3 is 2.71 bits per heavy atom. The van der Waals surface area contributed by atoms with Gasteiger partial charge < -0.3 is 9.88 Å². The van der Waals surface area contributed by atoms with Gasteiger partial charge in [0.1, 0.15) is 0 Å². The predicted octanol–water partition coefficient (Wildman–Crippen LogP) is 4.09. The number of halogens is 1. The van der Waals surface area contributed by atoms with E-state index in [9.17, 15) is 0 Å². The monoisotopic (exact) mass is 323 g/mol. The van der Waals surface area contributed by atoms with Gasteiger partial charge in [-0.1, -0.05) is 11.6 Å². The summed E-state index contributed by atoms with van der Waals surface area (Å²) in [5.41, 5.74) is 0.110. The first-order valence-electron chi connectivity index (χ1n) is 7.14. The molecule has 1 aromatic heterocycles. The second-order valence-electron chi connectivity index (χ2n) is 5.71. The number of benzene rings is 1. The Bertz CT molecular complexity index is 523. The molecule has 0 aliphatic carbocycles. The SMILES string of the molecule is CC(C)(CSc1ccc(Cl)cc1)NCCCn1ccnc1. The first-order valence-corrected chi connectivity index (χ1v) is 8.51. The van der Waals surface area contributed by atoms with Crippen LogP contribution in [-0.4, -0.2) is 27.4 Å². The highest BCUT2D eigenvalue weighted by atomic mass is 35.5. The van der Waals surface area contributed by atoms with E-state index in [1.165, 1.54) is 4.90 Å². The molecule has 0 aliphatic rings. The molecule has 114 valence electrons. The van der Waals surface area contributed by atoms with Gasteiger partial charge in [-0.15, -0.1) is 11.8 Å². The number of imidazole rings is 1. The van der Waals surface area contributed by atoms with Gasteiger partial charge in [-0.05, 0) is 51.1 Å². The Balaban J connectivity index is 1.67. The predicted molar refractivity (Wildman–Crippen MR) is 91.1 cm³/mol. The molecule has 21 heavy (non-hydrogen) atoms. The van der Waals surface area contributed by atoms with E-state index in [-0.39, 0.29) is 5.54 Å². The van der Waals surface area contributed by atoms with Gasteiger partial charge in [0.25, 0.3) is 0 Å². The number of hydrogen-bond acceptors (Lipinski definition) is 3. The Labute approximate surface area is 136 Å². The largest absolute Gasteiger partial charge is 0.337 e. The van der Waals surface area contributed by atoms with Crippen molar-refractivity contribution >= 4 is 23.4 Å². The topological polar surface area (TPSA) is 29.9 Å². The zero-order valence-corrected chi connectivity index (χ0v) is 14.1. The molecule has 0 bridgehead atoms. The number of nitrogens with zero attached hydrogens (tertiary/aromatic N) is 2. The molecule has 1 heterocycles. The number of nitrogens with one attached hydrogen (secondary N) is 1.